The summed E-state index contributed by atoms with van der Waals surface area (Å²) >= 11 is 1.70. The number of hydrogen-bond donors (Lipinski definition) is 0. The summed E-state index contributed by atoms with van der Waals surface area (Å²) in [5.41, 5.74) is 1.35. The molecule has 0 aliphatic carbocycles. The Balaban J connectivity index is 2.87. The SMILES string of the molecule is CC[C@@](C)(CC(C)=O)c1ccsc1. The summed E-state index contributed by atoms with van der Waals surface area (Å²) in [6, 6.07) is 2.12. The van der Waals surface area contributed by atoms with Gasteiger partial charge in [-0.1, -0.05) is 13.8 Å². The lowest BCUT2D eigenvalue weighted by Gasteiger charge is -2.26. The molecule has 0 spiro atoms. The zero-order valence-corrected chi connectivity index (χ0v) is 9.28. The van der Waals surface area contributed by atoms with Gasteiger partial charge in [0.25, 0.3) is 0 Å². The van der Waals surface area contributed by atoms with Crippen LogP contribution in [-0.4, -0.2) is 5.78 Å². The van der Waals surface area contributed by atoms with Crippen LogP contribution in [0.2, 0.25) is 0 Å². The average Bonchev–Trinajstić information content (AvgIpc) is 2.55. The Labute approximate surface area is 83.8 Å². The van der Waals surface area contributed by atoms with Crippen molar-refractivity contribution in [2.45, 2.75) is 39.0 Å². The maximum Gasteiger partial charge on any atom is 0.130 e. The molecule has 0 aliphatic heterocycles. The Morgan fingerprint density at radius 3 is 2.69 bits per heavy atom. The summed E-state index contributed by atoms with van der Waals surface area (Å²) < 4.78 is 0. The Morgan fingerprint density at radius 1 is 1.62 bits per heavy atom. The third-order valence-corrected chi connectivity index (χ3v) is 3.32. The van der Waals surface area contributed by atoms with E-state index < -0.39 is 0 Å². The number of hydrogen-bond acceptors (Lipinski definition) is 2. The van der Waals surface area contributed by atoms with E-state index in [0.29, 0.717) is 6.42 Å². The van der Waals surface area contributed by atoms with Gasteiger partial charge in [-0.2, -0.15) is 11.3 Å². The molecule has 1 aromatic heterocycles. The third-order valence-electron chi connectivity index (χ3n) is 2.64. The number of carbonyl (C=O) groups is 1. The molecule has 0 amide bonds. The average molecular weight is 196 g/mol. The van der Waals surface area contributed by atoms with Gasteiger partial charge >= 0.3 is 0 Å². The molecule has 2 heteroatoms. The van der Waals surface area contributed by atoms with Crippen molar-refractivity contribution in [1.29, 1.82) is 0 Å². The fourth-order valence-electron chi connectivity index (χ4n) is 1.59. The van der Waals surface area contributed by atoms with Crippen molar-refractivity contribution in [3.05, 3.63) is 22.4 Å². The molecule has 0 aliphatic rings. The first-order valence-electron chi connectivity index (χ1n) is 4.60. The zero-order valence-electron chi connectivity index (χ0n) is 8.46. The van der Waals surface area contributed by atoms with Gasteiger partial charge in [-0.15, -0.1) is 0 Å². The fourth-order valence-corrected chi connectivity index (χ4v) is 2.40. The van der Waals surface area contributed by atoms with Crippen LogP contribution in [0.1, 0.15) is 39.2 Å². The topological polar surface area (TPSA) is 17.1 Å². The first-order valence-corrected chi connectivity index (χ1v) is 5.55. The second-order valence-electron chi connectivity index (χ2n) is 3.81. The highest BCUT2D eigenvalue weighted by Gasteiger charge is 2.26. The highest BCUT2D eigenvalue weighted by atomic mass is 32.1. The highest BCUT2D eigenvalue weighted by molar-refractivity contribution is 7.08. The maximum atomic E-state index is 11.1. The van der Waals surface area contributed by atoms with Crippen LogP contribution in [0.15, 0.2) is 16.8 Å². The fraction of sp³-hybridized carbons (Fsp3) is 0.545. The van der Waals surface area contributed by atoms with Crippen LogP contribution < -0.4 is 0 Å². The number of Topliss-reactive ketones (excluding diaryl/α,β-unsaturated/α-hetero) is 1. The van der Waals surface area contributed by atoms with Crippen molar-refractivity contribution in [2.75, 3.05) is 0 Å². The van der Waals surface area contributed by atoms with Crippen LogP contribution in [0.5, 0.6) is 0 Å². The number of rotatable bonds is 4. The van der Waals surface area contributed by atoms with Gasteiger partial charge in [0, 0.05) is 6.42 Å². The van der Waals surface area contributed by atoms with Crippen LogP contribution >= 0.6 is 11.3 Å². The quantitative estimate of drug-likeness (QED) is 0.721. The minimum absolute atomic E-state index is 0.0475. The van der Waals surface area contributed by atoms with Crippen molar-refractivity contribution >= 4 is 17.1 Å². The van der Waals surface area contributed by atoms with Gasteiger partial charge in [0.05, 0.1) is 0 Å². The van der Waals surface area contributed by atoms with Crippen LogP contribution in [-0.2, 0) is 10.2 Å². The van der Waals surface area contributed by atoms with Gasteiger partial charge in [-0.3, -0.25) is 4.79 Å². The molecular formula is C11H16OS. The zero-order chi connectivity index (χ0) is 9.90. The molecule has 0 radical (unpaired) electrons. The molecule has 0 saturated carbocycles. The number of thiophene rings is 1. The van der Waals surface area contributed by atoms with Gasteiger partial charge in [0.2, 0.25) is 0 Å². The van der Waals surface area contributed by atoms with Crippen molar-refractivity contribution < 1.29 is 4.79 Å². The highest BCUT2D eigenvalue weighted by Crippen LogP contribution is 2.32. The minimum Gasteiger partial charge on any atom is -0.300 e. The van der Waals surface area contributed by atoms with Gasteiger partial charge in [0.15, 0.2) is 0 Å². The van der Waals surface area contributed by atoms with Crippen molar-refractivity contribution in [1.82, 2.24) is 0 Å². The lowest BCUT2D eigenvalue weighted by molar-refractivity contribution is -0.118. The van der Waals surface area contributed by atoms with Crippen LogP contribution in [0.3, 0.4) is 0 Å². The Bertz CT molecular complexity index is 276. The molecule has 72 valence electrons. The largest absolute Gasteiger partial charge is 0.300 e. The summed E-state index contributed by atoms with van der Waals surface area (Å²) in [6.45, 7) is 5.97. The third kappa shape index (κ3) is 2.41. The van der Waals surface area contributed by atoms with Crippen molar-refractivity contribution in [3.63, 3.8) is 0 Å². The molecule has 0 bridgehead atoms. The molecule has 0 N–H and O–H groups in total. The normalized spacial score (nSPS) is 15.3. The van der Waals surface area contributed by atoms with E-state index in [0.717, 1.165) is 6.42 Å². The summed E-state index contributed by atoms with van der Waals surface area (Å²) in [5.74, 6) is 0.274. The van der Waals surface area contributed by atoms with Crippen LogP contribution in [0, 0.1) is 0 Å². The van der Waals surface area contributed by atoms with Crippen molar-refractivity contribution in [2.24, 2.45) is 0 Å². The van der Waals surface area contributed by atoms with Gasteiger partial charge < -0.3 is 0 Å². The lowest BCUT2D eigenvalue weighted by Crippen LogP contribution is -2.23. The maximum absolute atomic E-state index is 11.1. The Hall–Kier alpha value is -0.630. The van der Waals surface area contributed by atoms with Crippen LogP contribution in [0.4, 0.5) is 0 Å². The van der Waals surface area contributed by atoms with Crippen LogP contribution in [0.25, 0.3) is 0 Å². The summed E-state index contributed by atoms with van der Waals surface area (Å²) in [4.78, 5) is 11.1. The molecule has 0 saturated heterocycles. The molecule has 1 rings (SSSR count). The first-order chi connectivity index (χ1) is 6.08. The van der Waals surface area contributed by atoms with E-state index in [9.17, 15) is 4.79 Å². The van der Waals surface area contributed by atoms with Gasteiger partial charge in [-0.05, 0) is 41.1 Å². The van der Waals surface area contributed by atoms with Gasteiger partial charge in [0.1, 0.15) is 5.78 Å². The number of ketones is 1. The molecular weight excluding hydrogens is 180 g/mol. The minimum atomic E-state index is 0.0475. The second-order valence-corrected chi connectivity index (χ2v) is 4.59. The number of carbonyl (C=O) groups excluding carboxylic acids is 1. The molecule has 0 fully saturated rings. The predicted molar refractivity (Wildman–Crippen MR) is 57.3 cm³/mol. The molecule has 1 nitrogen and oxygen atoms in total. The smallest absolute Gasteiger partial charge is 0.130 e. The predicted octanol–water partition coefficient (Wildman–Crippen LogP) is 3.39. The second kappa shape index (κ2) is 4.05. The van der Waals surface area contributed by atoms with E-state index in [1.54, 1.807) is 18.3 Å². The van der Waals surface area contributed by atoms with Gasteiger partial charge in [-0.25, -0.2) is 0 Å². The summed E-state index contributed by atoms with van der Waals surface area (Å²) in [5, 5.41) is 4.22. The molecule has 1 heterocycles. The molecule has 1 atom stereocenters. The Morgan fingerprint density at radius 2 is 2.31 bits per heavy atom. The van der Waals surface area contributed by atoms with E-state index in [-0.39, 0.29) is 11.2 Å². The lowest BCUT2D eigenvalue weighted by atomic mass is 9.77. The molecule has 13 heavy (non-hydrogen) atoms. The van der Waals surface area contributed by atoms with E-state index in [4.69, 9.17) is 0 Å². The Kier molecular flexibility index (Phi) is 3.26. The molecule has 1 aromatic rings. The summed E-state index contributed by atoms with van der Waals surface area (Å²) in [7, 11) is 0. The standard InChI is InChI=1S/C11H16OS/c1-4-11(3,7-9(2)12)10-5-6-13-8-10/h5-6,8H,4,7H2,1-3H3/t11-/m0/s1. The van der Waals surface area contributed by atoms with E-state index >= 15 is 0 Å². The molecule has 0 unspecified atom stereocenters. The summed E-state index contributed by atoms with van der Waals surface area (Å²) in [6.07, 6.45) is 1.67. The first kappa shape index (κ1) is 10.5. The van der Waals surface area contributed by atoms with E-state index in [1.807, 2.05) is 0 Å². The monoisotopic (exact) mass is 196 g/mol. The van der Waals surface area contributed by atoms with E-state index in [2.05, 4.69) is 30.7 Å². The molecule has 0 aromatic carbocycles. The van der Waals surface area contributed by atoms with Crippen molar-refractivity contribution in [3.8, 4) is 0 Å². The van der Waals surface area contributed by atoms with E-state index in [1.165, 1.54) is 5.56 Å².